The molecular formula is C10H12F4N2. The Kier molecular flexibility index (Phi) is 4.12. The lowest BCUT2D eigenvalue weighted by Gasteiger charge is -2.16. The summed E-state index contributed by atoms with van der Waals surface area (Å²) in [5.74, 6) is -4.01. The van der Waals surface area contributed by atoms with Crippen molar-refractivity contribution in [2.75, 3.05) is 12.3 Å². The molecule has 0 aliphatic rings. The van der Waals surface area contributed by atoms with Crippen LogP contribution in [0.4, 0.5) is 23.2 Å². The number of nitrogen functional groups attached to an aromatic ring is 1. The molecule has 1 aromatic rings. The average Bonchev–Trinajstić information content (AvgIpc) is 2.20. The minimum atomic E-state index is -4.01. The first-order valence-corrected chi connectivity index (χ1v) is 4.63. The maximum Gasteiger partial charge on any atom is 0.319 e. The Morgan fingerprint density at radius 1 is 1.25 bits per heavy atom. The number of nitrogens with one attached hydrogen (secondary N) is 1. The van der Waals surface area contributed by atoms with E-state index in [1.54, 1.807) is 24.3 Å². The van der Waals surface area contributed by atoms with Crippen molar-refractivity contribution in [1.82, 2.24) is 5.32 Å². The Morgan fingerprint density at radius 2 is 1.88 bits per heavy atom. The molecule has 6 heteroatoms. The van der Waals surface area contributed by atoms with Gasteiger partial charge in [-0.3, -0.25) is 0 Å². The summed E-state index contributed by atoms with van der Waals surface area (Å²) in [5, 5.41) is 2.25. The van der Waals surface area contributed by atoms with Crippen molar-refractivity contribution in [2.24, 2.45) is 0 Å². The van der Waals surface area contributed by atoms with Crippen LogP contribution in [0.25, 0.3) is 0 Å². The fourth-order valence-corrected chi connectivity index (χ4v) is 1.14. The number of para-hydroxylation sites is 1. The van der Waals surface area contributed by atoms with Crippen molar-refractivity contribution < 1.29 is 17.6 Å². The third-order valence-electron chi connectivity index (χ3n) is 2.05. The highest BCUT2D eigenvalue weighted by atomic mass is 19.3. The van der Waals surface area contributed by atoms with Crippen molar-refractivity contribution in [3.05, 3.63) is 29.8 Å². The van der Waals surface area contributed by atoms with E-state index in [-0.39, 0.29) is 6.54 Å². The average molecular weight is 236 g/mol. The lowest BCUT2D eigenvalue weighted by Crippen LogP contribution is -2.38. The van der Waals surface area contributed by atoms with Gasteiger partial charge in [-0.15, -0.1) is 0 Å². The van der Waals surface area contributed by atoms with Gasteiger partial charge in [0.2, 0.25) is 0 Å². The van der Waals surface area contributed by atoms with E-state index in [9.17, 15) is 17.6 Å². The van der Waals surface area contributed by atoms with E-state index >= 15 is 0 Å². The van der Waals surface area contributed by atoms with E-state index in [0.717, 1.165) is 0 Å². The number of benzene rings is 1. The zero-order valence-electron chi connectivity index (χ0n) is 8.39. The molecule has 0 bridgehead atoms. The van der Waals surface area contributed by atoms with Crippen molar-refractivity contribution in [3.8, 4) is 0 Å². The molecule has 0 saturated heterocycles. The maximum absolute atomic E-state index is 12.5. The summed E-state index contributed by atoms with van der Waals surface area (Å²) >= 11 is 0. The van der Waals surface area contributed by atoms with Gasteiger partial charge < -0.3 is 11.1 Å². The van der Waals surface area contributed by atoms with Gasteiger partial charge in [-0.05, 0) is 11.6 Å². The molecule has 16 heavy (non-hydrogen) atoms. The molecule has 0 amide bonds. The van der Waals surface area contributed by atoms with Crippen LogP contribution in [0.5, 0.6) is 0 Å². The number of anilines is 1. The van der Waals surface area contributed by atoms with Crippen LogP contribution in [-0.2, 0) is 6.54 Å². The highest BCUT2D eigenvalue weighted by molar-refractivity contribution is 5.46. The van der Waals surface area contributed by atoms with Crippen molar-refractivity contribution in [3.63, 3.8) is 0 Å². The molecule has 2 nitrogen and oxygen atoms in total. The molecule has 90 valence electrons. The van der Waals surface area contributed by atoms with E-state index in [4.69, 9.17) is 5.73 Å². The minimum absolute atomic E-state index is 0.0367. The summed E-state index contributed by atoms with van der Waals surface area (Å²) in [4.78, 5) is 0. The summed E-state index contributed by atoms with van der Waals surface area (Å²) in [6, 6.07) is 6.65. The summed E-state index contributed by atoms with van der Waals surface area (Å²) in [5.41, 5.74) is 6.60. The second kappa shape index (κ2) is 5.16. The number of halogens is 4. The fourth-order valence-electron chi connectivity index (χ4n) is 1.14. The molecule has 0 aliphatic carbocycles. The van der Waals surface area contributed by atoms with Gasteiger partial charge in [0, 0.05) is 12.2 Å². The van der Waals surface area contributed by atoms with Crippen molar-refractivity contribution in [1.29, 1.82) is 0 Å². The first kappa shape index (κ1) is 12.8. The third kappa shape index (κ3) is 3.37. The predicted octanol–water partition coefficient (Wildman–Crippen LogP) is 2.26. The van der Waals surface area contributed by atoms with Gasteiger partial charge in [-0.2, -0.15) is 8.78 Å². The first-order chi connectivity index (χ1) is 7.43. The zero-order chi connectivity index (χ0) is 12.2. The molecular weight excluding hydrogens is 224 g/mol. The molecule has 0 radical (unpaired) electrons. The Bertz CT molecular complexity index is 341. The normalized spacial score (nSPS) is 12.1. The summed E-state index contributed by atoms with van der Waals surface area (Å²) in [6.07, 6.45) is -3.66. The molecule has 0 spiro atoms. The van der Waals surface area contributed by atoms with Crippen LogP contribution < -0.4 is 11.1 Å². The Labute approximate surface area is 90.4 Å². The van der Waals surface area contributed by atoms with Gasteiger partial charge in [0.1, 0.15) is 0 Å². The lowest BCUT2D eigenvalue weighted by atomic mass is 10.2. The topological polar surface area (TPSA) is 38.0 Å². The quantitative estimate of drug-likeness (QED) is 0.608. The highest BCUT2D eigenvalue weighted by Crippen LogP contribution is 2.21. The molecule has 0 saturated carbocycles. The Balaban J connectivity index is 2.45. The predicted molar refractivity (Wildman–Crippen MR) is 53.5 cm³/mol. The molecule has 3 N–H and O–H groups in total. The van der Waals surface area contributed by atoms with Gasteiger partial charge in [0.05, 0.1) is 6.54 Å². The second-order valence-electron chi connectivity index (χ2n) is 3.36. The molecule has 1 aromatic carbocycles. The zero-order valence-corrected chi connectivity index (χ0v) is 8.39. The second-order valence-corrected chi connectivity index (χ2v) is 3.36. The van der Waals surface area contributed by atoms with Crippen LogP contribution in [0.2, 0.25) is 0 Å². The number of hydrogen-bond donors (Lipinski definition) is 2. The van der Waals surface area contributed by atoms with Crippen LogP contribution in [0, 0.1) is 0 Å². The monoisotopic (exact) mass is 236 g/mol. The standard InChI is InChI=1S/C10H12F4N2/c11-9(12)10(13,14)6-16-5-7-3-1-2-4-8(7)15/h1-4,9,16H,5-6,15H2. The van der Waals surface area contributed by atoms with Gasteiger partial charge in [-0.1, -0.05) is 18.2 Å². The van der Waals surface area contributed by atoms with Crippen LogP contribution in [0.15, 0.2) is 24.3 Å². The van der Waals surface area contributed by atoms with Gasteiger partial charge in [0.15, 0.2) is 0 Å². The number of nitrogens with two attached hydrogens (primary N) is 1. The molecule has 0 fully saturated rings. The lowest BCUT2D eigenvalue weighted by molar-refractivity contribution is -0.125. The molecule has 0 heterocycles. The Hall–Kier alpha value is -1.30. The van der Waals surface area contributed by atoms with Crippen molar-refractivity contribution >= 4 is 5.69 Å². The summed E-state index contributed by atoms with van der Waals surface area (Å²) in [6.45, 7) is -1.03. The SMILES string of the molecule is Nc1ccccc1CNCC(F)(F)C(F)F. The smallest absolute Gasteiger partial charge is 0.319 e. The fraction of sp³-hybridized carbons (Fsp3) is 0.400. The molecule has 0 aliphatic heterocycles. The van der Waals surface area contributed by atoms with E-state index in [1.165, 1.54) is 0 Å². The van der Waals surface area contributed by atoms with E-state index in [2.05, 4.69) is 5.32 Å². The summed E-state index contributed by atoms with van der Waals surface area (Å²) in [7, 11) is 0. The summed E-state index contributed by atoms with van der Waals surface area (Å²) < 4.78 is 48.6. The van der Waals surface area contributed by atoms with Gasteiger partial charge in [0.25, 0.3) is 0 Å². The van der Waals surface area contributed by atoms with Crippen LogP contribution in [0.1, 0.15) is 5.56 Å². The molecule has 0 unspecified atom stereocenters. The number of alkyl halides is 4. The minimum Gasteiger partial charge on any atom is -0.398 e. The van der Waals surface area contributed by atoms with E-state index < -0.39 is 18.9 Å². The van der Waals surface area contributed by atoms with Gasteiger partial charge in [-0.25, -0.2) is 8.78 Å². The van der Waals surface area contributed by atoms with Crippen molar-refractivity contribution in [2.45, 2.75) is 18.9 Å². The molecule has 0 aromatic heterocycles. The largest absolute Gasteiger partial charge is 0.398 e. The van der Waals surface area contributed by atoms with Crippen LogP contribution in [0.3, 0.4) is 0 Å². The molecule has 0 atom stereocenters. The van der Waals surface area contributed by atoms with Gasteiger partial charge >= 0.3 is 12.3 Å². The first-order valence-electron chi connectivity index (χ1n) is 4.63. The highest BCUT2D eigenvalue weighted by Gasteiger charge is 2.39. The van der Waals surface area contributed by atoms with E-state index in [0.29, 0.717) is 11.3 Å². The maximum atomic E-state index is 12.5. The van der Waals surface area contributed by atoms with Crippen LogP contribution in [-0.4, -0.2) is 18.9 Å². The van der Waals surface area contributed by atoms with E-state index in [1.807, 2.05) is 0 Å². The Morgan fingerprint density at radius 3 is 2.44 bits per heavy atom. The molecule has 1 rings (SSSR count). The number of rotatable bonds is 5. The number of hydrogen-bond acceptors (Lipinski definition) is 2. The van der Waals surface area contributed by atoms with Crippen LogP contribution >= 0.6 is 0 Å². The third-order valence-corrected chi connectivity index (χ3v) is 2.05.